The summed E-state index contributed by atoms with van der Waals surface area (Å²) in [6.45, 7) is 0.934. The predicted octanol–water partition coefficient (Wildman–Crippen LogP) is 2.14. The van der Waals surface area contributed by atoms with Crippen molar-refractivity contribution in [1.82, 2.24) is 4.90 Å². The van der Waals surface area contributed by atoms with Gasteiger partial charge in [0.05, 0.1) is 18.7 Å². The summed E-state index contributed by atoms with van der Waals surface area (Å²) in [5.74, 6) is -0.599. The van der Waals surface area contributed by atoms with Crippen LogP contribution >= 0.6 is 0 Å². The summed E-state index contributed by atoms with van der Waals surface area (Å²) >= 11 is 0. The van der Waals surface area contributed by atoms with Crippen LogP contribution < -0.4 is 5.32 Å². The Morgan fingerprint density at radius 2 is 2.37 bits per heavy atom. The number of hydrogen-bond acceptors (Lipinski definition) is 3. The van der Waals surface area contributed by atoms with Crippen molar-refractivity contribution in [3.05, 3.63) is 30.1 Å². The number of hydrogen-bond donors (Lipinski definition) is 1. The SMILES string of the molecule is N#CC1CCCCN1CC(=O)Nc1cccc(F)c1. The number of amides is 1. The minimum atomic E-state index is -0.384. The molecule has 19 heavy (non-hydrogen) atoms. The molecule has 0 radical (unpaired) electrons. The smallest absolute Gasteiger partial charge is 0.238 e. The van der Waals surface area contributed by atoms with Crippen molar-refractivity contribution in [3.63, 3.8) is 0 Å². The normalized spacial score (nSPS) is 19.7. The topological polar surface area (TPSA) is 56.1 Å². The molecular weight excluding hydrogens is 245 g/mol. The van der Waals surface area contributed by atoms with E-state index >= 15 is 0 Å². The van der Waals surface area contributed by atoms with Crippen LogP contribution in [-0.2, 0) is 4.79 Å². The Balaban J connectivity index is 1.92. The Morgan fingerprint density at radius 1 is 1.53 bits per heavy atom. The van der Waals surface area contributed by atoms with Crippen LogP contribution in [0.2, 0.25) is 0 Å². The van der Waals surface area contributed by atoms with E-state index in [2.05, 4.69) is 11.4 Å². The van der Waals surface area contributed by atoms with Gasteiger partial charge in [-0.05, 0) is 44.0 Å². The van der Waals surface area contributed by atoms with Crippen LogP contribution in [0.5, 0.6) is 0 Å². The number of carbonyl (C=O) groups excluding carboxylic acids is 1. The molecule has 0 bridgehead atoms. The summed E-state index contributed by atoms with van der Waals surface area (Å²) in [5.41, 5.74) is 0.440. The Kier molecular flexibility index (Phi) is 4.48. The highest BCUT2D eigenvalue weighted by Gasteiger charge is 2.23. The summed E-state index contributed by atoms with van der Waals surface area (Å²) in [7, 11) is 0. The van der Waals surface area contributed by atoms with Gasteiger partial charge in [0.2, 0.25) is 5.91 Å². The minimum Gasteiger partial charge on any atom is -0.325 e. The molecule has 100 valence electrons. The number of nitrogens with one attached hydrogen (secondary N) is 1. The lowest BCUT2D eigenvalue weighted by molar-refractivity contribution is -0.117. The maximum atomic E-state index is 13.0. The maximum Gasteiger partial charge on any atom is 0.238 e. The molecule has 1 amide bonds. The lowest BCUT2D eigenvalue weighted by Crippen LogP contribution is -2.43. The first-order valence-corrected chi connectivity index (χ1v) is 6.38. The van der Waals surface area contributed by atoms with E-state index in [1.165, 1.54) is 12.1 Å². The second-order valence-electron chi connectivity index (χ2n) is 4.67. The quantitative estimate of drug-likeness (QED) is 0.907. The Labute approximate surface area is 111 Å². The number of nitrogens with zero attached hydrogens (tertiary/aromatic N) is 2. The molecule has 1 N–H and O–H groups in total. The van der Waals surface area contributed by atoms with Crippen molar-refractivity contribution in [2.24, 2.45) is 0 Å². The zero-order valence-electron chi connectivity index (χ0n) is 10.6. The summed E-state index contributed by atoms with van der Waals surface area (Å²) in [5, 5.41) is 11.7. The molecule has 1 saturated heterocycles. The lowest BCUT2D eigenvalue weighted by Gasteiger charge is -2.30. The van der Waals surface area contributed by atoms with Crippen molar-refractivity contribution in [2.45, 2.75) is 25.3 Å². The fraction of sp³-hybridized carbons (Fsp3) is 0.429. The van der Waals surface area contributed by atoms with Crippen molar-refractivity contribution in [1.29, 1.82) is 5.26 Å². The van der Waals surface area contributed by atoms with E-state index in [0.29, 0.717) is 5.69 Å². The molecule has 1 heterocycles. The third-order valence-corrected chi connectivity index (χ3v) is 3.22. The van der Waals surface area contributed by atoms with Gasteiger partial charge in [-0.15, -0.1) is 0 Å². The number of rotatable bonds is 3. The molecular formula is C14H16FN3O. The summed E-state index contributed by atoms with van der Waals surface area (Å²) in [4.78, 5) is 13.7. The molecule has 0 spiro atoms. The first kappa shape index (κ1) is 13.5. The molecule has 0 aromatic heterocycles. The highest BCUT2D eigenvalue weighted by Crippen LogP contribution is 2.16. The van der Waals surface area contributed by atoms with Gasteiger partial charge < -0.3 is 5.32 Å². The zero-order chi connectivity index (χ0) is 13.7. The highest BCUT2D eigenvalue weighted by molar-refractivity contribution is 5.92. The van der Waals surface area contributed by atoms with E-state index in [0.717, 1.165) is 25.8 Å². The molecule has 0 aliphatic carbocycles. The second kappa shape index (κ2) is 6.30. The van der Waals surface area contributed by atoms with Crippen molar-refractivity contribution in [3.8, 4) is 6.07 Å². The lowest BCUT2D eigenvalue weighted by atomic mass is 10.0. The Bertz CT molecular complexity index is 498. The third-order valence-electron chi connectivity index (χ3n) is 3.22. The summed E-state index contributed by atoms with van der Waals surface area (Å²) in [6.07, 6.45) is 2.84. The van der Waals surface area contributed by atoms with Gasteiger partial charge in [0.1, 0.15) is 5.82 Å². The highest BCUT2D eigenvalue weighted by atomic mass is 19.1. The van der Waals surface area contributed by atoms with Crippen molar-refractivity contribution >= 4 is 11.6 Å². The fourth-order valence-corrected chi connectivity index (χ4v) is 2.28. The zero-order valence-corrected chi connectivity index (χ0v) is 10.6. The van der Waals surface area contributed by atoms with Crippen LogP contribution in [0.25, 0.3) is 0 Å². The molecule has 1 aromatic rings. The average Bonchev–Trinajstić information content (AvgIpc) is 2.39. The van der Waals surface area contributed by atoms with E-state index in [9.17, 15) is 9.18 Å². The monoisotopic (exact) mass is 261 g/mol. The van der Waals surface area contributed by atoms with Gasteiger partial charge in [-0.25, -0.2) is 4.39 Å². The Morgan fingerprint density at radius 3 is 3.11 bits per heavy atom. The number of benzene rings is 1. The van der Waals surface area contributed by atoms with Gasteiger partial charge >= 0.3 is 0 Å². The predicted molar refractivity (Wildman–Crippen MR) is 69.9 cm³/mol. The first-order chi connectivity index (χ1) is 9.19. The van der Waals surface area contributed by atoms with E-state index in [1.807, 2.05) is 4.90 Å². The largest absolute Gasteiger partial charge is 0.325 e. The number of carbonyl (C=O) groups is 1. The summed E-state index contributed by atoms with van der Waals surface area (Å²) < 4.78 is 13.0. The molecule has 4 nitrogen and oxygen atoms in total. The number of likely N-dealkylation sites (tertiary alicyclic amines) is 1. The van der Waals surface area contributed by atoms with Gasteiger partial charge in [-0.2, -0.15) is 5.26 Å². The van der Waals surface area contributed by atoms with Gasteiger partial charge in [0, 0.05) is 5.69 Å². The van der Waals surface area contributed by atoms with Crippen molar-refractivity contribution < 1.29 is 9.18 Å². The number of anilines is 1. The minimum absolute atomic E-state index is 0.175. The molecule has 1 fully saturated rings. The molecule has 1 aromatic carbocycles. The maximum absolute atomic E-state index is 13.0. The third kappa shape index (κ3) is 3.76. The van der Waals surface area contributed by atoms with E-state index < -0.39 is 0 Å². The number of nitriles is 1. The van der Waals surface area contributed by atoms with Crippen molar-refractivity contribution in [2.75, 3.05) is 18.4 Å². The fourth-order valence-electron chi connectivity index (χ4n) is 2.28. The Hall–Kier alpha value is -1.93. The first-order valence-electron chi connectivity index (χ1n) is 6.38. The van der Waals surface area contributed by atoms with Crippen LogP contribution in [0, 0.1) is 17.1 Å². The van der Waals surface area contributed by atoms with Gasteiger partial charge in [-0.1, -0.05) is 6.07 Å². The molecule has 5 heteroatoms. The number of halogens is 1. The molecule has 2 rings (SSSR count). The standard InChI is InChI=1S/C14H16FN3O/c15-11-4-3-5-12(8-11)17-14(19)10-18-7-2-1-6-13(18)9-16/h3-5,8,13H,1-2,6-7,10H2,(H,17,19). The molecule has 1 aliphatic heterocycles. The van der Waals surface area contributed by atoms with Crippen LogP contribution in [0.3, 0.4) is 0 Å². The van der Waals surface area contributed by atoms with Crippen LogP contribution in [0.1, 0.15) is 19.3 Å². The van der Waals surface area contributed by atoms with E-state index in [-0.39, 0.29) is 24.3 Å². The summed E-state index contributed by atoms with van der Waals surface area (Å²) in [6, 6.07) is 7.81. The molecule has 1 unspecified atom stereocenters. The van der Waals surface area contributed by atoms with Gasteiger partial charge in [-0.3, -0.25) is 9.69 Å². The molecule has 1 aliphatic rings. The van der Waals surface area contributed by atoms with Crippen LogP contribution in [-0.4, -0.2) is 29.9 Å². The van der Waals surface area contributed by atoms with Crippen LogP contribution in [0.4, 0.5) is 10.1 Å². The number of piperidine rings is 1. The van der Waals surface area contributed by atoms with Gasteiger partial charge in [0.25, 0.3) is 0 Å². The average molecular weight is 261 g/mol. The van der Waals surface area contributed by atoms with Crippen LogP contribution in [0.15, 0.2) is 24.3 Å². The van der Waals surface area contributed by atoms with E-state index in [4.69, 9.17) is 5.26 Å². The van der Waals surface area contributed by atoms with E-state index in [1.54, 1.807) is 12.1 Å². The molecule has 1 atom stereocenters. The second-order valence-corrected chi connectivity index (χ2v) is 4.67. The molecule has 0 saturated carbocycles. The van der Waals surface area contributed by atoms with Gasteiger partial charge in [0.15, 0.2) is 0 Å².